The lowest BCUT2D eigenvalue weighted by atomic mass is 10.1. The molecule has 0 aliphatic heterocycles. The molecule has 6 heteroatoms. The van der Waals surface area contributed by atoms with Crippen LogP contribution in [0.1, 0.15) is 26.6 Å². The molecule has 0 spiro atoms. The summed E-state index contributed by atoms with van der Waals surface area (Å²) >= 11 is 5.91. The van der Waals surface area contributed by atoms with Crippen LogP contribution in [-0.4, -0.2) is 21.5 Å². The van der Waals surface area contributed by atoms with Crippen LogP contribution >= 0.6 is 11.6 Å². The molecular formula is C21H24ClN3O2. The third-order valence-electron chi connectivity index (χ3n) is 4.61. The van der Waals surface area contributed by atoms with Gasteiger partial charge in [0.15, 0.2) is 0 Å². The van der Waals surface area contributed by atoms with E-state index < -0.39 is 0 Å². The summed E-state index contributed by atoms with van der Waals surface area (Å²) in [4.78, 5) is 17.2. The quantitative estimate of drug-likeness (QED) is 0.654. The molecule has 0 saturated heterocycles. The minimum absolute atomic E-state index is 0.0351. The van der Waals surface area contributed by atoms with E-state index in [0.29, 0.717) is 22.5 Å². The molecule has 0 radical (unpaired) electrons. The first-order chi connectivity index (χ1) is 12.9. The molecule has 0 aliphatic carbocycles. The van der Waals surface area contributed by atoms with Gasteiger partial charge in [-0.1, -0.05) is 37.6 Å². The van der Waals surface area contributed by atoms with Crippen LogP contribution in [0.5, 0.6) is 5.75 Å². The van der Waals surface area contributed by atoms with Crippen molar-refractivity contribution in [2.45, 2.75) is 40.0 Å². The van der Waals surface area contributed by atoms with E-state index in [4.69, 9.17) is 16.3 Å². The number of hydrogen-bond donors (Lipinski definition) is 1. The molecule has 1 atom stereocenters. The van der Waals surface area contributed by atoms with E-state index in [9.17, 15) is 4.79 Å². The van der Waals surface area contributed by atoms with Crippen LogP contribution in [0.2, 0.25) is 5.02 Å². The molecule has 3 rings (SSSR count). The number of halogens is 1. The van der Waals surface area contributed by atoms with Crippen LogP contribution in [0.4, 0.5) is 0 Å². The Bertz CT molecular complexity index is 919. The summed E-state index contributed by atoms with van der Waals surface area (Å²) in [7, 11) is 0. The summed E-state index contributed by atoms with van der Waals surface area (Å²) in [6, 6.07) is 15.1. The fourth-order valence-corrected chi connectivity index (χ4v) is 2.83. The first kappa shape index (κ1) is 19.2. The number of para-hydroxylation sites is 2. The number of aromatic nitrogens is 2. The Labute approximate surface area is 164 Å². The number of benzene rings is 2. The van der Waals surface area contributed by atoms with E-state index in [1.165, 1.54) is 0 Å². The fourth-order valence-electron chi connectivity index (χ4n) is 2.70. The number of nitrogens with zero attached hydrogens (tertiary/aromatic N) is 2. The van der Waals surface area contributed by atoms with Crippen LogP contribution in [0, 0.1) is 5.92 Å². The number of carbonyl (C=O) groups excluding carboxylic acids is 1. The fraction of sp³-hybridized carbons (Fsp3) is 0.333. The largest absolute Gasteiger partial charge is 0.486 e. The maximum absolute atomic E-state index is 12.5. The summed E-state index contributed by atoms with van der Waals surface area (Å²) in [6.45, 7) is 6.66. The SMILES string of the molecule is CC(C)C(C)NC(=O)Cn1c(COc2ccc(Cl)cc2)nc2ccccc21. The minimum Gasteiger partial charge on any atom is -0.486 e. The molecule has 0 aliphatic rings. The third-order valence-corrected chi connectivity index (χ3v) is 4.86. The van der Waals surface area contributed by atoms with Crippen LogP contribution in [0.3, 0.4) is 0 Å². The summed E-state index contributed by atoms with van der Waals surface area (Å²) in [5, 5.41) is 3.70. The maximum atomic E-state index is 12.5. The molecule has 27 heavy (non-hydrogen) atoms. The molecular weight excluding hydrogens is 362 g/mol. The Morgan fingerprint density at radius 2 is 1.85 bits per heavy atom. The summed E-state index contributed by atoms with van der Waals surface area (Å²) in [5.41, 5.74) is 1.76. The maximum Gasteiger partial charge on any atom is 0.240 e. The number of fused-ring (bicyclic) bond motifs is 1. The Kier molecular flexibility index (Phi) is 6.01. The zero-order valence-corrected chi connectivity index (χ0v) is 16.5. The lowest BCUT2D eigenvalue weighted by Crippen LogP contribution is -2.38. The van der Waals surface area contributed by atoms with Gasteiger partial charge < -0.3 is 14.6 Å². The molecule has 3 aromatic rings. The number of nitrogens with one attached hydrogen (secondary N) is 1. The lowest BCUT2D eigenvalue weighted by molar-refractivity contribution is -0.122. The Hall–Kier alpha value is -2.53. The van der Waals surface area contributed by atoms with Crippen molar-refractivity contribution in [3.05, 3.63) is 59.4 Å². The highest BCUT2D eigenvalue weighted by Gasteiger charge is 2.16. The molecule has 1 heterocycles. The topological polar surface area (TPSA) is 56.2 Å². The van der Waals surface area contributed by atoms with Crippen molar-refractivity contribution < 1.29 is 9.53 Å². The van der Waals surface area contributed by atoms with Gasteiger partial charge in [0, 0.05) is 11.1 Å². The number of rotatable bonds is 7. The Morgan fingerprint density at radius 1 is 1.15 bits per heavy atom. The predicted octanol–water partition coefficient (Wildman–Crippen LogP) is 4.43. The lowest BCUT2D eigenvalue weighted by Gasteiger charge is -2.18. The molecule has 142 valence electrons. The average Bonchev–Trinajstić information content (AvgIpc) is 2.98. The van der Waals surface area contributed by atoms with E-state index in [2.05, 4.69) is 24.1 Å². The molecule has 1 amide bonds. The number of imidazole rings is 1. The van der Waals surface area contributed by atoms with E-state index in [1.807, 2.05) is 47.9 Å². The number of amides is 1. The standard InChI is InChI=1S/C21H24ClN3O2/c1-14(2)15(3)23-21(26)12-25-19-7-5-4-6-18(19)24-20(25)13-27-17-10-8-16(22)9-11-17/h4-11,14-15H,12-13H2,1-3H3,(H,23,26). The van der Waals surface area contributed by atoms with Gasteiger partial charge in [-0.15, -0.1) is 0 Å². The van der Waals surface area contributed by atoms with Crippen molar-refractivity contribution in [3.8, 4) is 5.75 Å². The van der Waals surface area contributed by atoms with E-state index in [1.54, 1.807) is 12.1 Å². The van der Waals surface area contributed by atoms with Crippen molar-refractivity contribution in [3.63, 3.8) is 0 Å². The Morgan fingerprint density at radius 3 is 2.56 bits per heavy atom. The number of carbonyl (C=O) groups is 1. The van der Waals surface area contributed by atoms with E-state index in [-0.39, 0.29) is 25.1 Å². The summed E-state index contributed by atoms with van der Waals surface area (Å²) in [6.07, 6.45) is 0. The van der Waals surface area contributed by atoms with Gasteiger partial charge in [0.1, 0.15) is 24.7 Å². The normalized spacial score (nSPS) is 12.3. The molecule has 0 bridgehead atoms. The smallest absolute Gasteiger partial charge is 0.240 e. The summed E-state index contributed by atoms with van der Waals surface area (Å²) < 4.78 is 7.75. The predicted molar refractivity (Wildman–Crippen MR) is 108 cm³/mol. The molecule has 2 aromatic carbocycles. The van der Waals surface area contributed by atoms with Gasteiger partial charge in [-0.2, -0.15) is 0 Å². The van der Waals surface area contributed by atoms with Crippen LogP contribution < -0.4 is 10.1 Å². The Balaban J connectivity index is 1.80. The number of ether oxygens (including phenoxy) is 1. The van der Waals surface area contributed by atoms with E-state index >= 15 is 0 Å². The van der Waals surface area contributed by atoms with Gasteiger partial charge in [0.2, 0.25) is 5.91 Å². The van der Waals surface area contributed by atoms with Gasteiger partial charge in [0.05, 0.1) is 11.0 Å². The highest BCUT2D eigenvalue weighted by atomic mass is 35.5. The zero-order chi connectivity index (χ0) is 19.4. The van der Waals surface area contributed by atoms with Gasteiger partial charge in [-0.05, 0) is 49.2 Å². The average molecular weight is 386 g/mol. The molecule has 1 aromatic heterocycles. The highest BCUT2D eigenvalue weighted by molar-refractivity contribution is 6.30. The van der Waals surface area contributed by atoms with Crippen LogP contribution in [0.25, 0.3) is 11.0 Å². The van der Waals surface area contributed by atoms with Crippen molar-refractivity contribution in [1.29, 1.82) is 0 Å². The van der Waals surface area contributed by atoms with Crippen molar-refractivity contribution >= 4 is 28.5 Å². The molecule has 0 fully saturated rings. The molecule has 5 nitrogen and oxygen atoms in total. The summed E-state index contributed by atoms with van der Waals surface area (Å²) in [5.74, 6) is 1.75. The molecule has 0 saturated carbocycles. The van der Waals surface area contributed by atoms with Crippen molar-refractivity contribution in [2.24, 2.45) is 5.92 Å². The van der Waals surface area contributed by atoms with Crippen LogP contribution in [0.15, 0.2) is 48.5 Å². The van der Waals surface area contributed by atoms with Gasteiger partial charge in [-0.3, -0.25) is 4.79 Å². The minimum atomic E-state index is -0.0351. The van der Waals surface area contributed by atoms with Crippen LogP contribution in [-0.2, 0) is 17.9 Å². The monoisotopic (exact) mass is 385 g/mol. The van der Waals surface area contributed by atoms with Gasteiger partial charge >= 0.3 is 0 Å². The zero-order valence-electron chi connectivity index (χ0n) is 15.8. The number of hydrogen-bond acceptors (Lipinski definition) is 3. The third kappa shape index (κ3) is 4.80. The van der Waals surface area contributed by atoms with Crippen molar-refractivity contribution in [1.82, 2.24) is 14.9 Å². The second kappa shape index (κ2) is 8.44. The van der Waals surface area contributed by atoms with Gasteiger partial charge in [0.25, 0.3) is 0 Å². The molecule has 1 N–H and O–H groups in total. The first-order valence-electron chi connectivity index (χ1n) is 9.06. The second-order valence-electron chi connectivity index (χ2n) is 6.95. The first-order valence-corrected chi connectivity index (χ1v) is 9.43. The highest BCUT2D eigenvalue weighted by Crippen LogP contribution is 2.20. The van der Waals surface area contributed by atoms with Crippen molar-refractivity contribution in [2.75, 3.05) is 0 Å². The molecule has 1 unspecified atom stereocenters. The van der Waals surface area contributed by atoms with Gasteiger partial charge in [-0.25, -0.2) is 4.98 Å². The second-order valence-corrected chi connectivity index (χ2v) is 7.38. The van der Waals surface area contributed by atoms with E-state index in [0.717, 1.165) is 11.0 Å².